The molecule has 10 atom stereocenters. The minimum Gasteiger partial charge on any atom is -0.469 e. The fraction of sp³-hybridized carbons (Fsp3) is 0.929. The number of fused-ring (bicyclic) bond motifs is 5. The molecule has 4 aliphatic rings. The number of hydrogen-bond donors (Lipinski definition) is 1. The molecule has 4 rings (SSSR count). The second kappa shape index (κ2) is 9.04. The molecule has 0 bridgehead atoms. The monoisotopic (exact) mass is 446 g/mol. The van der Waals surface area contributed by atoms with Crippen molar-refractivity contribution in [2.75, 3.05) is 7.11 Å². The summed E-state index contributed by atoms with van der Waals surface area (Å²) in [5.41, 5.74) is 0.411. The third-order valence-corrected chi connectivity index (χ3v) is 11.1. The molecule has 0 aromatic rings. The Morgan fingerprint density at radius 3 is 2.47 bits per heavy atom. The van der Waals surface area contributed by atoms with E-state index in [0.29, 0.717) is 41.8 Å². The van der Waals surface area contributed by atoms with Crippen LogP contribution >= 0.6 is 0 Å². The van der Waals surface area contributed by atoms with Crippen molar-refractivity contribution in [3.8, 4) is 0 Å². The lowest BCUT2D eigenvalue weighted by atomic mass is 9.41. The average Bonchev–Trinajstić information content (AvgIpc) is 3.12. The van der Waals surface area contributed by atoms with Gasteiger partial charge < -0.3 is 9.84 Å². The van der Waals surface area contributed by atoms with E-state index in [2.05, 4.69) is 27.7 Å². The van der Waals surface area contributed by atoms with Crippen LogP contribution in [-0.4, -0.2) is 30.1 Å². The second-order valence-electron chi connectivity index (χ2n) is 12.4. The standard InChI is InChI=1S/C28H46O4/c1-6-7-19-23-16-18(29)12-14-28(23,4)22-13-15-27(3)20(17(2)8-11-24(30)32-5)9-10-21(27)25(22)26(19)31/h17-23,25,29H,6-16H2,1-5H3/t17-,18-,19-,20-,21+,22+,23+,25+,27-,28-/m1/s1. The zero-order valence-electron chi connectivity index (χ0n) is 21.1. The number of ether oxygens (including phenoxy) is 1. The first kappa shape index (κ1) is 24.2. The Hall–Kier alpha value is -0.900. The van der Waals surface area contributed by atoms with Gasteiger partial charge in [-0.2, -0.15) is 0 Å². The van der Waals surface area contributed by atoms with Crippen molar-refractivity contribution in [2.45, 2.75) is 104 Å². The van der Waals surface area contributed by atoms with Crippen molar-refractivity contribution in [2.24, 2.45) is 52.3 Å². The van der Waals surface area contributed by atoms with E-state index in [-0.39, 0.29) is 34.7 Å². The van der Waals surface area contributed by atoms with Gasteiger partial charge in [0.2, 0.25) is 0 Å². The van der Waals surface area contributed by atoms with Crippen molar-refractivity contribution in [1.29, 1.82) is 0 Å². The number of esters is 1. The van der Waals surface area contributed by atoms with Gasteiger partial charge in [-0.3, -0.25) is 9.59 Å². The molecule has 182 valence electrons. The molecule has 0 saturated heterocycles. The van der Waals surface area contributed by atoms with Gasteiger partial charge in [0.1, 0.15) is 5.78 Å². The topological polar surface area (TPSA) is 63.6 Å². The van der Waals surface area contributed by atoms with Gasteiger partial charge in [0, 0.05) is 18.3 Å². The number of carbonyl (C=O) groups is 2. The molecule has 32 heavy (non-hydrogen) atoms. The largest absolute Gasteiger partial charge is 0.469 e. The number of aliphatic hydroxyl groups excluding tert-OH is 1. The first-order valence-electron chi connectivity index (χ1n) is 13.5. The molecule has 0 spiro atoms. The number of aliphatic hydroxyl groups is 1. The van der Waals surface area contributed by atoms with Gasteiger partial charge in [-0.25, -0.2) is 0 Å². The van der Waals surface area contributed by atoms with E-state index in [9.17, 15) is 14.7 Å². The zero-order chi connectivity index (χ0) is 23.3. The van der Waals surface area contributed by atoms with E-state index < -0.39 is 0 Å². The molecule has 0 radical (unpaired) electrons. The first-order valence-corrected chi connectivity index (χ1v) is 13.5. The fourth-order valence-electron chi connectivity index (χ4n) is 9.43. The lowest BCUT2D eigenvalue weighted by molar-refractivity contribution is -0.173. The SMILES string of the molecule is CCC[C@H]1C(=O)[C@@H]2[C@H](CC[C@]3(C)[C@@H]([C@H](C)CCC(=O)OC)CC[C@@H]23)[C@@]2(C)CC[C@@H](O)C[C@@H]12. The van der Waals surface area contributed by atoms with E-state index in [1.165, 1.54) is 26.4 Å². The summed E-state index contributed by atoms with van der Waals surface area (Å²) in [7, 11) is 1.47. The highest BCUT2D eigenvalue weighted by atomic mass is 16.5. The van der Waals surface area contributed by atoms with Crippen molar-refractivity contribution in [3.05, 3.63) is 0 Å². The summed E-state index contributed by atoms with van der Waals surface area (Å²) in [6.07, 6.45) is 10.7. The molecule has 0 aromatic carbocycles. The number of ketones is 1. The Morgan fingerprint density at radius 1 is 1.09 bits per heavy atom. The predicted octanol–water partition coefficient (Wildman–Crippen LogP) is 5.80. The van der Waals surface area contributed by atoms with Crippen molar-refractivity contribution < 1.29 is 19.4 Å². The van der Waals surface area contributed by atoms with Crippen LogP contribution in [-0.2, 0) is 14.3 Å². The summed E-state index contributed by atoms with van der Waals surface area (Å²) in [5, 5.41) is 10.5. The molecule has 4 aliphatic carbocycles. The Morgan fingerprint density at radius 2 is 1.78 bits per heavy atom. The third kappa shape index (κ3) is 3.77. The van der Waals surface area contributed by atoms with E-state index in [1.54, 1.807) is 0 Å². The number of Topliss-reactive ketones (excluding diaryl/α,β-unsaturated/α-hetero) is 1. The number of rotatable bonds is 6. The molecule has 4 nitrogen and oxygen atoms in total. The summed E-state index contributed by atoms with van der Waals surface area (Å²) in [4.78, 5) is 25.9. The maximum atomic E-state index is 14.1. The minimum absolute atomic E-state index is 0.108. The van der Waals surface area contributed by atoms with Crippen molar-refractivity contribution in [3.63, 3.8) is 0 Å². The Balaban J connectivity index is 1.60. The fourth-order valence-corrected chi connectivity index (χ4v) is 9.43. The second-order valence-corrected chi connectivity index (χ2v) is 12.4. The molecular weight excluding hydrogens is 400 g/mol. The smallest absolute Gasteiger partial charge is 0.305 e. The van der Waals surface area contributed by atoms with E-state index >= 15 is 0 Å². The van der Waals surface area contributed by atoms with Gasteiger partial charge in [0.25, 0.3) is 0 Å². The Kier molecular flexibility index (Phi) is 6.85. The summed E-state index contributed by atoms with van der Waals surface area (Å²) < 4.78 is 4.88. The third-order valence-electron chi connectivity index (χ3n) is 11.1. The van der Waals surface area contributed by atoms with Gasteiger partial charge in [0.15, 0.2) is 0 Å². The van der Waals surface area contributed by atoms with Gasteiger partial charge in [0.05, 0.1) is 13.2 Å². The van der Waals surface area contributed by atoms with E-state index in [1.807, 2.05) is 0 Å². The predicted molar refractivity (Wildman–Crippen MR) is 126 cm³/mol. The highest BCUT2D eigenvalue weighted by Crippen LogP contribution is 2.68. The van der Waals surface area contributed by atoms with Crippen LogP contribution in [0.1, 0.15) is 98.3 Å². The van der Waals surface area contributed by atoms with E-state index in [0.717, 1.165) is 44.9 Å². The van der Waals surface area contributed by atoms with Crippen LogP contribution < -0.4 is 0 Å². The minimum atomic E-state index is -0.225. The van der Waals surface area contributed by atoms with Crippen LogP contribution in [0.4, 0.5) is 0 Å². The van der Waals surface area contributed by atoms with Crippen LogP contribution in [0, 0.1) is 52.3 Å². The Labute approximate surface area is 195 Å². The zero-order valence-corrected chi connectivity index (χ0v) is 21.1. The summed E-state index contributed by atoms with van der Waals surface area (Å²) in [6.45, 7) is 9.47. The molecule has 0 unspecified atom stereocenters. The molecular formula is C28H46O4. The normalized spacial score (nSPS) is 46.7. The number of carbonyl (C=O) groups excluding carboxylic acids is 2. The molecule has 0 amide bonds. The van der Waals surface area contributed by atoms with Crippen LogP contribution in [0.2, 0.25) is 0 Å². The quantitative estimate of drug-likeness (QED) is 0.524. The van der Waals surface area contributed by atoms with Gasteiger partial charge in [-0.05, 0) is 98.2 Å². The van der Waals surface area contributed by atoms with Crippen LogP contribution in [0.15, 0.2) is 0 Å². The molecule has 4 saturated carbocycles. The van der Waals surface area contributed by atoms with Crippen LogP contribution in [0.25, 0.3) is 0 Å². The first-order chi connectivity index (χ1) is 15.2. The Bertz CT molecular complexity index is 718. The highest BCUT2D eigenvalue weighted by molar-refractivity contribution is 5.86. The van der Waals surface area contributed by atoms with Crippen molar-refractivity contribution in [1.82, 2.24) is 0 Å². The molecule has 0 aliphatic heterocycles. The van der Waals surface area contributed by atoms with Gasteiger partial charge in [-0.15, -0.1) is 0 Å². The molecule has 4 fully saturated rings. The van der Waals surface area contributed by atoms with Gasteiger partial charge >= 0.3 is 5.97 Å². The maximum absolute atomic E-state index is 14.1. The number of methoxy groups -OCH3 is 1. The van der Waals surface area contributed by atoms with E-state index in [4.69, 9.17) is 4.74 Å². The van der Waals surface area contributed by atoms with Gasteiger partial charge in [-0.1, -0.05) is 34.1 Å². The summed E-state index contributed by atoms with van der Waals surface area (Å²) >= 11 is 0. The molecule has 1 N–H and O–H groups in total. The lowest BCUT2D eigenvalue weighted by Crippen LogP contribution is -2.60. The van der Waals surface area contributed by atoms with Crippen molar-refractivity contribution >= 4 is 11.8 Å². The van der Waals surface area contributed by atoms with Crippen LogP contribution in [0.3, 0.4) is 0 Å². The molecule has 4 heteroatoms. The average molecular weight is 447 g/mol. The lowest BCUT2D eigenvalue weighted by Gasteiger charge is -2.62. The summed E-state index contributed by atoms with van der Waals surface area (Å²) in [6, 6.07) is 0. The maximum Gasteiger partial charge on any atom is 0.305 e. The van der Waals surface area contributed by atoms with Crippen LogP contribution in [0.5, 0.6) is 0 Å². The number of hydrogen-bond acceptors (Lipinski definition) is 4. The molecule has 0 aromatic heterocycles. The summed E-state index contributed by atoms with van der Waals surface area (Å²) in [5.74, 6) is 3.20. The molecule has 0 heterocycles. The highest BCUT2D eigenvalue weighted by Gasteiger charge is 2.65.